The molecule has 0 aliphatic heterocycles. The van der Waals surface area contributed by atoms with Crippen molar-refractivity contribution in [2.45, 2.75) is 0 Å². The summed E-state index contributed by atoms with van der Waals surface area (Å²) in [5, 5.41) is 5.86. The molecule has 1 aromatic heterocycles. The topological polar surface area (TPSA) is 102 Å². The maximum atomic E-state index is 12.2. The van der Waals surface area contributed by atoms with E-state index in [4.69, 9.17) is 5.73 Å². The van der Waals surface area contributed by atoms with Gasteiger partial charge in [-0.05, 0) is 60.7 Å². The molecule has 7 heteroatoms. The fourth-order valence-corrected chi connectivity index (χ4v) is 3.01. The average Bonchev–Trinajstić information content (AvgIpc) is 3.17. The van der Waals surface area contributed by atoms with Gasteiger partial charge in [0.1, 0.15) is 6.33 Å². The highest BCUT2D eigenvalue weighted by atomic mass is 16.2. The Bertz CT molecular complexity index is 1160. The van der Waals surface area contributed by atoms with E-state index < -0.39 is 5.91 Å². The van der Waals surface area contributed by atoms with E-state index in [9.17, 15) is 9.59 Å². The van der Waals surface area contributed by atoms with Crippen molar-refractivity contribution in [3.63, 3.8) is 0 Å². The largest absolute Gasteiger partial charge is 0.376 e. The molecule has 0 unspecified atom stereocenters. The van der Waals surface area contributed by atoms with Crippen LogP contribution in [-0.4, -0.2) is 27.9 Å². The van der Waals surface area contributed by atoms with Gasteiger partial charge in [-0.1, -0.05) is 12.1 Å². The Kier molecular flexibility index (Phi) is 4.94. The van der Waals surface area contributed by atoms with Crippen LogP contribution in [0, 0.1) is 0 Å². The molecule has 0 aliphatic rings. The van der Waals surface area contributed by atoms with E-state index in [1.54, 1.807) is 30.6 Å². The number of aromatic nitrogens is 2. The minimum Gasteiger partial charge on any atom is -0.376 e. The third kappa shape index (κ3) is 4.08. The maximum absolute atomic E-state index is 12.2. The van der Waals surface area contributed by atoms with Crippen LogP contribution in [0.15, 0.2) is 79.1 Å². The van der Waals surface area contributed by atoms with E-state index in [2.05, 4.69) is 15.6 Å². The first-order chi connectivity index (χ1) is 14.1. The number of fused-ring (bicyclic) bond motifs is 1. The van der Waals surface area contributed by atoms with Crippen molar-refractivity contribution in [1.29, 1.82) is 0 Å². The highest BCUT2D eigenvalue weighted by Crippen LogP contribution is 2.19. The van der Waals surface area contributed by atoms with Gasteiger partial charge in [-0.15, -0.1) is 0 Å². The molecule has 1 heterocycles. The lowest BCUT2D eigenvalue weighted by molar-refractivity contribution is -0.114. The second kappa shape index (κ2) is 7.85. The molecule has 4 aromatic rings. The van der Waals surface area contributed by atoms with Crippen LogP contribution in [0.5, 0.6) is 0 Å². The third-order valence-electron chi connectivity index (χ3n) is 4.51. The molecule has 29 heavy (non-hydrogen) atoms. The van der Waals surface area contributed by atoms with Crippen molar-refractivity contribution in [2.24, 2.45) is 5.73 Å². The van der Waals surface area contributed by atoms with Crippen LogP contribution < -0.4 is 16.4 Å². The van der Waals surface area contributed by atoms with E-state index in [1.807, 2.05) is 53.1 Å². The summed E-state index contributed by atoms with van der Waals surface area (Å²) in [5.41, 5.74) is 9.98. The van der Waals surface area contributed by atoms with E-state index >= 15 is 0 Å². The van der Waals surface area contributed by atoms with Gasteiger partial charge in [0.15, 0.2) is 0 Å². The van der Waals surface area contributed by atoms with Crippen molar-refractivity contribution < 1.29 is 9.59 Å². The average molecular weight is 385 g/mol. The summed E-state index contributed by atoms with van der Waals surface area (Å²) in [6.45, 7) is 0.101. The number of carbonyl (C=O) groups is 2. The molecule has 0 fully saturated rings. The van der Waals surface area contributed by atoms with Crippen LogP contribution in [-0.2, 0) is 4.79 Å². The maximum Gasteiger partial charge on any atom is 0.248 e. The molecule has 0 saturated carbocycles. The molecule has 4 rings (SSSR count). The lowest BCUT2D eigenvalue weighted by atomic mass is 10.2. The summed E-state index contributed by atoms with van der Waals surface area (Å²) in [4.78, 5) is 27.7. The predicted octanol–water partition coefficient (Wildman–Crippen LogP) is 3.18. The van der Waals surface area contributed by atoms with E-state index in [0.29, 0.717) is 11.3 Å². The Morgan fingerprint density at radius 3 is 2.31 bits per heavy atom. The molecule has 4 N–H and O–H groups in total. The molecule has 0 atom stereocenters. The Morgan fingerprint density at radius 1 is 0.897 bits per heavy atom. The lowest BCUT2D eigenvalue weighted by Gasteiger charge is -2.09. The van der Waals surface area contributed by atoms with Crippen LogP contribution in [0.25, 0.3) is 16.7 Å². The summed E-state index contributed by atoms with van der Waals surface area (Å²) in [6.07, 6.45) is 1.78. The van der Waals surface area contributed by atoms with Crippen LogP contribution in [0.3, 0.4) is 0 Å². The van der Waals surface area contributed by atoms with Gasteiger partial charge in [0.25, 0.3) is 0 Å². The second-order valence-corrected chi connectivity index (χ2v) is 6.49. The number of benzene rings is 3. The quantitative estimate of drug-likeness (QED) is 0.474. The third-order valence-corrected chi connectivity index (χ3v) is 4.51. The fraction of sp³-hybridized carbons (Fsp3) is 0.0455. The first kappa shape index (κ1) is 18.2. The molecule has 0 radical (unpaired) electrons. The molecule has 0 spiro atoms. The Labute approximate surface area is 167 Å². The Morgan fingerprint density at radius 2 is 1.59 bits per heavy atom. The minimum atomic E-state index is -0.485. The second-order valence-electron chi connectivity index (χ2n) is 6.49. The SMILES string of the molecule is NC(=O)c1ccc(NCC(=O)Nc2ccc(-n3cnc4ccccc43)cc2)cc1. The molecule has 0 bridgehead atoms. The van der Waals surface area contributed by atoms with Crippen molar-refractivity contribution in [3.8, 4) is 5.69 Å². The number of imidazole rings is 1. The van der Waals surface area contributed by atoms with Crippen LogP contribution in [0.1, 0.15) is 10.4 Å². The van der Waals surface area contributed by atoms with Crippen LogP contribution in [0.4, 0.5) is 11.4 Å². The monoisotopic (exact) mass is 385 g/mol. The Hall–Kier alpha value is -4.13. The van der Waals surface area contributed by atoms with Crippen molar-refractivity contribution in [1.82, 2.24) is 9.55 Å². The molecule has 3 aromatic carbocycles. The predicted molar refractivity (Wildman–Crippen MR) is 113 cm³/mol. The highest BCUT2D eigenvalue weighted by molar-refractivity contribution is 5.94. The fourth-order valence-electron chi connectivity index (χ4n) is 3.01. The van der Waals surface area contributed by atoms with Crippen molar-refractivity contribution in [3.05, 3.63) is 84.7 Å². The number of nitrogens with one attached hydrogen (secondary N) is 2. The van der Waals surface area contributed by atoms with Crippen molar-refractivity contribution in [2.75, 3.05) is 17.2 Å². The smallest absolute Gasteiger partial charge is 0.248 e. The zero-order valence-corrected chi connectivity index (χ0v) is 15.5. The summed E-state index contributed by atoms with van der Waals surface area (Å²) in [5.74, 6) is -0.661. The molecule has 144 valence electrons. The molecular formula is C22H19N5O2. The Balaban J connectivity index is 1.37. The summed E-state index contributed by atoms with van der Waals surface area (Å²) < 4.78 is 2.00. The molecule has 2 amide bonds. The number of nitrogens with two attached hydrogens (primary N) is 1. The molecule has 0 saturated heterocycles. The normalized spacial score (nSPS) is 10.6. The van der Waals surface area contributed by atoms with Gasteiger partial charge in [-0.25, -0.2) is 4.98 Å². The number of anilines is 2. The van der Waals surface area contributed by atoms with E-state index in [0.717, 1.165) is 22.4 Å². The number of carbonyl (C=O) groups excluding carboxylic acids is 2. The van der Waals surface area contributed by atoms with Crippen LogP contribution in [0.2, 0.25) is 0 Å². The molecule has 7 nitrogen and oxygen atoms in total. The lowest BCUT2D eigenvalue weighted by Crippen LogP contribution is -2.21. The van der Waals surface area contributed by atoms with Gasteiger partial charge in [0.2, 0.25) is 11.8 Å². The van der Waals surface area contributed by atoms with Gasteiger partial charge >= 0.3 is 0 Å². The molecular weight excluding hydrogens is 366 g/mol. The highest BCUT2D eigenvalue weighted by Gasteiger charge is 2.06. The first-order valence-electron chi connectivity index (χ1n) is 9.06. The number of nitrogens with zero attached hydrogens (tertiary/aromatic N) is 2. The molecule has 0 aliphatic carbocycles. The first-order valence-corrected chi connectivity index (χ1v) is 9.06. The van der Waals surface area contributed by atoms with Gasteiger partial charge in [0, 0.05) is 22.6 Å². The summed E-state index contributed by atoms with van der Waals surface area (Å²) in [6, 6.07) is 22.1. The number of amides is 2. The van der Waals surface area contributed by atoms with Gasteiger partial charge in [-0.2, -0.15) is 0 Å². The van der Waals surface area contributed by atoms with Gasteiger partial charge in [-0.3, -0.25) is 14.2 Å². The number of hydrogen-bond acceptors (Lipinski definition) is 4. The minimum absolute atomic E-state index is 0.101. The summed E-state index contributed by atoms with van der Waals surface area (Å²) in [7, 11) is 0. The number of rotatable bonds is 6. The van der Waals surface area contributed by atoms with Gasteiger partial charge < -0.3 is 16.4 Å². The standard InChI is InChI=1S/C22H19N5O2/c23-22(29)15-5-7-16(8-6-15)24-13-21(28)26-17-9-11-18(12-10-17)27-14-25-19-3-1-2-4-20(19)27/h1-12,14,24H,13H2,(H2,23,29)(H,26,28). The van der Waals surface area contributed by atoms with E-state index in [-0.39, 0.29) is 12.5 Å². The van der Waals surface area contributed by atoms with E-state index in [1.165, 1.54) is 0 Å². The number of primary amides is 1. The van der Waals surface area contributed by atoms with Gasteiger partial charge in [0.05, 0.1) is 17.6 Å². The summed E-state index contributed by atoms with van der Waals surface area (Å²) >= 11 is 0. The van der Waals surface area contributed by atoms with Crippen LogP contribution >= 0.6 is 0 Å². The number of hydrogen-bond donors (Lipinski definition) is 3. The zero-order valence-electron chi connectivity index (χ0n) is 15.5. The zero-order chi connectivity index (χ0) is 20.2. The van der Waals surface area contributed by atoms with Crippen molar-refractivity contribution >= 4 is 34.2 Å². The number of para-hydroxylation sites is 2.